The number of rotatable bonds is 69. The summed E-state index contributed by atoms with van der Waals surface area (Å²) in [5.41, 5.74) is 0. The van der Waals surface area contributed by atoms with Gasteiger partial charge in [0, 0.05) is 6.42 Å². The van der Waals surface area contributed by atoms with Crippen molar-refractivity contribution in [3.63, 3.8) is 0 Å². The van der Waals surface area contributed by atoms with E-state index in [-0.39, 0.29) is 19.1 Å². The van der Waals surface area contributed by atoms with Crippen molar-refractivity contribution >= 4 is 13.7 Å². The van der Waals surface area contributed by atoms with Crippen LogP contribution in [0, 0.1) is 0 Å². The lowest BCUT2D eigenvalue weighted by Gasteiger charge is -2.29. The molecule has 3 unspecified atom stereocenters. The molecule has 85 heavy (non-hydrogen) atoms. The molecule has 3 atom stereocenters. The number of hydrogen-bond acceptors (Lipinski definition) is 6. The standard InChI is InChI=1S/C76H145N2O6P/c1-6-8-10-12-14-16-18-20-22-24-26-28-30-31-32-33-34-35-36-37-38-39-40-41-42-43-44-45-46-47-48-50-52-54-56-58-60-62-64-66-68-70-76(80)77-74(73-84-85(81,82)83-72-71-78(3,4)5)75(79)69-67-65-63-61-59-57-55-53-51-49-29-27-25-23-21-19-17-15-13-11-9-7-2/h18,20,24,26,30-31,59,61,67,69,74-75,79H,6-17,19,21-23,25,27-29,32-58,60,62-66,68,70-73H2,1-5H3,(H-,77,80,81,82)/b20-18-,26-24-,31-30-,61-59+,69-67+. The predicted octanol–water partition coefficient (Wildman–Crippen LogP) is 23.3. The molecule has 9 heteroatoms. The second-order valence-corrected chi connectivity index (χ2v) is 28.1. The molecular formula is C76H145N2O6P. The molecule has 500 valence electrons. The number of hydrogen-bond donors (Lipinski definition) is 2. The van der Waals surface area contributed by atoms with Crippen molar-refractivity contribution in [2.24, 2.45) is 0 Å². The number of carbonyl (C=O) groups is 1. The molecule has 0 fully saturated rings. The molecule has 0 aliphatic rings. The van der Waals surface area contributed by atoms with E-state index in [4.69, 9.17) is 9.05 Å². The zero-order valence-electron chi connectivity index (χ0n) is 57.3. The van der Waals surface area contributed by atoms with Crippen molar-refractivity contribution in [3.05, 3.63) is 60.8 Å². The van der Waals surface area contributed by atoms with Gasteiger partial charge in [0.25, 0.3) is 7.82 Å². The Morgan fingerprint density at radius 2 is 0.694 bits per heavy atom. The van der Waals surface area contributed by atoms with Gasteiger partial charge in [-0.2, -0.15) is 0 Å². The van der Waals surface area contributed by atoms with E-state index >= 15 is 0 Å². The summed E-state index contributed by atoms with van der Waals surface area (Å²) in [5.74, 6) is -0.200. The number of phosphoric acid groups is 1. The molecule has 0 bridgehead atoms. The number of phosphoric ester groups is 1. The molecule has 0 saturated carbocycles. The Morgan fingerprint density at radius 1 is 0.412 bits per heavy atom. The van der Waals surface area contributed by atoms with E-state index in [1.165, 1.54) is 295 Å². The number of amides is 1. The van der Waals surface area contributed by atoms with E-state index in [1.54, 1.807) is 6.08 Å². The van der Waals surface area contributed by atoms with E-state index < -0.39 is 20.0 Å². The summed E-state index contributed by atoms with van der Waals surface area (Å²) in [6, 6.07) is -0.904. The maximum Gasteiger partial charge on any atom is 0.268 e. The molecule has 0 aromatic heterocycles. The SMILES string of the molecule is CCCCCCC/C=C\C/C=C\C/C=C\CCCCCCCCCCCCCCCCCCCCCCCCCCCCC(=O)NC(COP(=O)([O-])OCC[N+](C)(C)C)C(O)/C=C/CC/C=C/CCCCCCCCCCCCCCCCCC. The first-order valence-corrected chi connectivity index (χ1v) is 38.6. The van der Waals surface area contributed by atoms with Crippen molar-refractivity contribution in [2.45, 2.75) is 379 Å². The number of likely N-dealkylation sites (N-methyl/N-ethyl adjacent to an activating group) is 1. The van der Waals surface area contributed by atoms with E-state index in [9.17, 15) is 19.4 Å². The van der Waals surface area contributed by atoms with Crippen LogP contribution in [-0.4, -0.2) is 68.5 Å². The summed E-state index contributed by atoms with van der Waals surface area (Å²) in [6.07, 6.45) is 92.3. The topological polar surface area (TPSA) is 108 Å². The van der Waals surface area contributed by atoms with Crippen LogP contribution in [0.5, 0.6) is 0 Å². The lowest BCUT2D eigenvalue weighted by molar-refractivity contribution is -0.870. The first kappa shape index (κ1) is 83.2. The zero-order chi connectivity index (χ0) is 61.9. The molecule has 0 aromatic carbocycles. The van der Waals surface area contributed by atoms with Gasteiger partial charge in [-0.05, 0) is 70.6 Å². The van der Waals surface area contributed by atoms with Gasteiger partial charge >= 0.3 is 0 Å². The van der Waals surface area contributed by atoms with Crippen LogP contribution < -0.4 is 10.2 Å². The minimum absolute atomic E-state index is 0.00526. The number of nitrogens with zero attached hydrogens (tertiary/aromatic N) is 1. The number of carbonyl (C=O) groups excluding carboxylic acids is 1. The second kappa shape index (κ2) is 66.6. The number of allylic oxidation sites excluding steroid dienone is 9. The minimum atomic E-state index is -4.61. The number of nitrogens with one attached hydrogen (secondary N) is 1. The number of aliphatic hydroxyl groups is 1. The van der Waals surface area contributed by atoms with Crippen LogP contribution in [0.25, 0.3) is 0 Å². The molecule has 0 spiro atoms. The maximum absolute atomic E-state index is 13.0. The molecule has 0 radical (unpaired) electrons. The minimum Gasteiger partial charge on any atom is -0.756 e. The molecule has 0 saturated heterocycles. The number of unbranched alkanes of at least 4 members (excludes halogenated alkanes) is 48. The molecule has 0 heterocycles. The predicted molar refractivity (Wildman–Crippen MR) is 371 cm³/mol. The fourth-order valence-corrected chi connectivity index (χ4v) is 11.9. The van der Waals surface area contributed by atoms with Gasteiger partial charge in [-0.15, -0.1) is 0 Å². The average molecular weight is 1210 g/mol. The van der Waals surface area contributed by atoms with Crippen molar-refractivity contribution in [3.8, 4) is 0 Å². The summed E-state index contributed by atoms with van der Waals surface area (Å²) < 4.78 is 23.4. The smallest absolute Gasteiger partial charge is 0.268 e. The number of aliphatic hydroxyl groups excluding tert-OH is 1. The van der Waals surface area contributed by atoms with Gasteiger partial charge < -0.3 is 28.8 Å². The van der Waals surface area contributed by atoms with Crippen molar-refractivity contribution in [1.29, 1.82) is 0 Å². The van der Waals surface area contributed by atoms with Crippen molar-refractivity contribution in [1.82, 2.24) is 5.32 Å². The third-order valence-electron chi connectivity index (χ3n) is 16.9. The monoisotopic (exact) mass is 1210 g/mol. The van der Waals surface area contributed by atoms with Crippen molar-refractivity contribution in [2.75, 3.05) is 40.9 Å². The molecule has 1 amide bonds. The van der Waals surface area contributed by atoms with Gasteiger partial charge in [-0.25, -0.2) is 0 Å². The van der Waals surface area contributed by atoms with Gasteiger partial charge in [0.15, 0.2) is 0 Å². The second-order valence-electron chi connectivity index (χ2n) is 26.6. The van der Waals surface area contributed by atoms with Crippen LogP contribution >= 0.6 is 7.82 Å². The molecule has 0 aromatic rings. The zero-order valence-corrected chi connectivity index (χ0v) is 58.2. The highest BCUT2D eigenvalue weighted by Gasteiger charge is 2.23. The molecule has 0 rings (SSSR count). The Balaban J connectivity index is 3.94. The largest absolute Gasteiger partial charge is 0.756 e. The lowest BCUT2D eigenvalue weighted by atomic mass is 10.0. The number of quaternary nitrogens is 1. The highest BCUT2D eigenvalue weighted by molar-refractivity contribution is 7.45. The summed E-state index contributed by atoms with van der Waals surface area (Å²) in [7, 11) is 1.26. The fraction of sp³-hybridized carbons (Fsp3) is 0.855. The van der Waals surface area contributed by atoms with Crippen molar-refractivity contribution < 1.29 is 32.9 Å². The first-order valence-electron chi connectivity index (χ1n) is 37.2. The maximum atomic E-state index is 13.0. The molecule has 8 nitrogen and oxygen atoms in total. The lowest BCUT2D eigenvalue weighted by Crippen LogP contribution is -2.45. The Hall–Kier alpha value is -1.80. The van der Waals surface area contributed by atoms with Crippen LogP contribution in [0.2, 0.25) is 0 Å². The van der Waals surface area contributed by atoms with Crippen LogP contribution in [0.1, 0.15) is 367 Å². The quantitative estimate of drug-likeness (QED) is 0.0272. The molecule has 2 N–H and O–H groups in total. The van der Waals surface area contributed by atoms with Gasteiger partial charge in [-0.1, -0.05) is 351 Å². The Morgan fingerprint density at radius 3 is 1.04 bits per heavy atom. The van der Waals surface area contributed by atoms with E-state index in [1.807, 2.05) is 27.2 Å². The van der Waals surface area contributed by atoms with Crippen LogP contribution in [0.15, 0.2) is 60.8 Å². The highest BCUT2D eigenvalue weighted by Crippen LogP contribution is 2.38. The summed E-state index contributed by atoms with van der Waals surface area (Å²) >= 11 is 0. The third-order valence-corrected chi connectivity index (χ3v) is 17.9. The Labute approximate surface area is 530 Å². The molecular weight excluding hydrogens is 1070 g/mol. The van der Waals surface area contributed by atoms with E-state index in [0.717, 1.165) is 51.4 Å². The van der Waals surface area contributed by atoms with E-state index in [0.29, 0.717) is 17.4 Å². The highest BCUT2D eigenvalue weighted by atomic mass is 31.2. The average Bonchev–Trinajstić information content (AvgIpc) is 3.48. The van der Waals surface area contributed by atoms with Gasteiger partial charge in [0.1, 0.15) is 13.2 Å². The van der Waals surface area contributed by atoms with E-state index in [2.05, 4.69) is 67.8 Å². The van der Waals surface area contributed by atoms with Crippen LogP contribution in [-0.2, 0) is 18.4 Å². The third kappa shape index (κ3) is 69.5. The normalized spacial score (nSPS) is 13.9. The van der Waals surface area contributed by atoms with Gasteiger partial charge in [0.05, 0.1) is 39.9 Å². The first-order chi connectivity index (χ1) is 41.5. The summed E-state index contributed by atoms with van der Waals surface area (Å²) in [4.78, 5) is 25.6. The molecule has 0 aliphatic heterocycles. The van der Waals surface area contributed by atoms with Gasteiger partial charge in [-0.3, -0.25) is 9.36 Å². The summed E-state index contributed by atoms with van der Waals surface area (Å²) in [6.45, 7) is 4.66. The Bertz CT molecular complexity index is 1570. The van der Waals surface area contributed by atoms with Gasteiger partial charge in [0.2, 0.25) is 5.91 Å². The molecule has 0 aliphatic carbocycles. The van der Waals surface area contributed by atoms with Crippen LogP contribution in [0.4, 0.5) is 0 Å². The summed E-state index contributed by atoms with van der Waals surface area (Å²) in [5, 5.41) is 13.9. The Kier molecular flexibility index (Phi) is 65.2. The van der Waals surface area contributed by atoms with Crippen LogP contribution in [0.3, 0.4) is 0 Å². The fourth-order valence-electron chi connectivity index (χ4n) is 11.2.